The summed E-state index contributed by atoms with van der Waals surface area (Å²) in [6, 6.07) is 5.16. The van der Waals surface area contributed by atoms with Crippen molar-refractivity contribution >= 4 is 17.8 Å². The highest BCUT2D eigenvalue weighted by atomic mass is 16.7. The predicted octanol–water partition coefficient (Wildman–Crippen LogP) is 2.12. The second-order valence-electron chi connectivity index (χ2n) is 10.0. The van der Waals surface area contributed by atoms with Gasteiger partial charge < -0.3 is 30.1 Å². The van der Waals surface area contributed by atoms with E-state index in [-0.39, 0.29) is 31.1 Å². The quantitative estimate of drug-likeness (QED) is 0.359. The Hall–Kier alpha value is -2.85. The van der Waals surface area contributed by atoms with Crippen molar-refractivity contribution in [2.45, 2.75) is 57.9 Å². The van der Waals surface area contributed by atoms with Crippen LogP contribution in [0.5, 0.6) is 11.5 Å². The number of hydrogen-bond acceptors (Lipinski definition) is 7. The Morgan fingerprint density at radius 1 is 1.11 bits per heavy atom. The Bertz CT molecular complexity index is 941. The molecule has 1 aromatic rings. The van der Waals surface area contributed by atoms with Gasteiger partial charge in [-0.25, -0.2) is 0 Å². The van der Waals surface area contributed by atoms with E-state index in [0.29, 0.717) is 50.6 Å². The molecule has 206 valence electrons. The highest BCUT2D eigenvalue weighted by Gasteiger charge is 2.47. The molecular formula is C27H42N4O6. The number of rotatable bonds is 14. The third-order valence-corrected chi connectivity index (χ3v) is 7.51. The molecule has 1 fully saturated rings. The van der Waals surface area contributed by atoms with Gasteiger partial charge in [0, 0.05) is 52.1 Å². The summed E-state index contributed by atoms with van der Waals surface area (Å²) < 4.78 is 11.0. The van der Waals surface area contributed by atoms with E-state index in [2.05, 4.69) is 6.92 Å². The lowest BCUT2D eigenvalue weighted by molar-refractivity contribution is -0.144. The molecule has 0 aromatic heterocycles. The minimum atomic E-state index is -0.904. The lowest BCUT2D eigenvalue weighted by Gasteiger charge is -2.30. The van der Waals surface area contributed by atoms with E-state index in [9.17, 15) is 19.5 Å². The molecule has 2 aliphatic rings. The summed E-state index contributed by atoms with van der Waals surface area (Å²) in [7, 11) is 1.71. The van der Waals surface area contributed by atoms with Crippen LogP contribution in [0.3, 0.4) is 0 Å². The number of ether oxygens (including phenoxy) is 2. The van der Waals surface area contributed by atoms with Gasteiger partial charge in [0.1, 0.15) is 0 Å². The van der Waals surface area contributed by atoms with Gasteiger partial charge in [0.2, 0.25) is 18.6 Å². The maximum atomic E-state index is 13.5. The number of unbranched alkanes of at least 4 members (excludes halogenated alkanes) is 2. The minimum absolute atomic E-state index is 0.00543. The van der Waals surface area contributed by atoms with Crippen LogP contribution in [0.1, 0.15) is 57.4 Å². The lowest BCUT2D eigenvalue weighted by atomic mass is 9.84. The summed E-state index contributed by atoms with van der Waals surface area (Å²) in [4.78, 5) is 43.4. The van der Waals surface area contributed by atoms with Gasteiger partial charge in [0.25, 0.3) is 0 Å². The van der Waals surface area contributed by atoms with Crippen molar-refractivity contribution < 1.29 is 29.0 Å². The molecule has 3 rings (SSSR count). The molecule has 0 aliphatic carbocycles. The fourth-order valence-corrected chi connectivity index (χ4v) is 5.25. The standard InChI is InChI=1S/C27H42N4O6/c1-4-5-12-30(13-7-6-11-28)25(33)17-31-16-21(20-8-9-23-24(15-20)37-18-36-23)26(27(34)35)22(31)10-14-29(3)19(2)32/h8-9,15,21-22,26H,4-7,10-14,16-18,28H2,1-3H3,(H,34,35)/t21-,22+,26?/m1/s1. The number of amides is 2. The fourth-order valence-electron chi connectivity index (χ4n) is 5.25. The highest BCUT2D eigenvalue weighted by molar-refractivity contribution is 5.79. The van der Waals surface area contributed by atoms with Gasteiger partial charge in [-0.15, -0.1) is 0 Å². The summed E-state index contributed by atoms with van der Waals surface area (Å²) in [5, 5.41) is 10.3. The van der Waals surface area contributed by atoms with Gasteiger partial charge in [0.15, 0.2) is 11.5 Å². The molecule has 0 bridgehead atoms. The first kappa shape index (κ1) is 28.7. The van der Waals surface area contributed by atoms with Crippen molar-refractivity contribution in [1.29, 1.82) is 0 Å². The maximum Gasteiger partial charge on any atom is 0.308 e. The summed E-state index contributed by atoms with van der Waals surface area (Å²) >= 11 is 0. The van der Waals surface area contributed by atoms with Gasteiger partial charge >= 0.3 is 5.97 Å². The molecule has 0 spiro atoms. The van der Waals surface area contributed by atoms with Gasteiger partial charge in [-0.05, 0) is 49.9 Å². The second-order valence-corrected chi connectivity index (χ2v) is 10.0. The molecule has 2 heterocycles. The Morgan fingerprint density at radius 3 is 2.51 bits per heavy atom. The van der Waals surface area contributed by atoms with Crippen molar-refractivity contribution in [3.63, 3.8) is 0 Å². The number of benzene rings is 1. The number of likely N-dealkylation sites (tertiary alicyclic amines) is 1. The van der Waals surface area contributed by atoms with Gasteiger partial charge in [-0.1, -0.05) is 19.4 Å². The van der Waals surface area contributed by atoms with Crippen molar-refractivity contribution in [3.05, 3.63) is 23.8 Å². The van der Waals surface area contributed by atoms with Crippen LogP contribution in [0.25, 0.3) is 0 Å². The number of hydrogen-bond donors (Lipinski definition) is 2. The maximum absolute atomic E-state index is 13.5. The Balaban J connectivity index is 1.85. The van der Waals surface area contributed by atoms with E-state index >= 15 is 0 Å². The molecule has 1 unspecified atom stereocenters. The molecular weight excluding hydrogens is 476 g/mol. The molecule has 10 heteroatoms. The molecule has 0 radical (unpaired) electrons. The number of aliphatic carboxylic acids is 1. The minimum Gasteiger partial charge on any atom is -0.481 e. The van der Waals surface area contributed by atoms with Crippen LogP contribution in [0.2, 0.25) is 0 Å². The zero-order chi connectivity index (χ0) is 26.9. The number of fused-ring (bicyclic) bond motifs is 1. The molecule has 2 amide bonds. The summed E-state index contributed by atoms with van der Waals surface area (Å²) in [6.07, 6.45) is 4.06. The molecule has 1 saturated heterocycles. The van der Waals surface area contributed by atoms with Crippen LogP contribution >= 0.6 is 0 Å². The topological polar surface area (TPSA) is 126 Å². The monoisotopic (exact) mass is 518 g/mol. The molecule has 37 heavy (non-hydrogen) atoms. The van der Waals surface area contributed by atoms with Gasteiger partial charge in [0.05, 0.1) is 12.5 Å². The van der Waals surface area contributed by atoms with Crippen LogP contribution in [0.15, 0.2) is 18.2 Å². The highest BCUT2D eigenvalue weighted by Crippen LogP contribution is 2.42. The first-order valence-corrected chi connectivity index (χ1v) is 13.3. The Labute approximate surface area is 219 Å². The first-order chi connectivity index (χ1) is 17.8. The van der Waals surface area contributed by atoms with Crippen molar-refractivity contribution in [2.24, 2.45) is 11.7 Å². The van der Waals surface area contributed by atoms with Gasteiger partial charge in [-0.3, -0.25) is 19.3 Å². The van der Waals surface area contributed by atoms with E-state index in [1.54, 1.807) is 11.9 Å². The van der Waals surface area contributed by atoms with E-state index in [4.69, 9.17) is 15.2 Å². The predicted molar refractivity (Wildman–Crippen MR) is 139 cm³/mol. The number of carbonyl (C=O) groups excluding carboxylic acids is 2. The fraction of sp³-hybridized carbons (Fsp3) is 0.667. The first-order valence-electron chi connectivity index (χ1n) is 13.3. The van der Waals surface area contributed by atoms with Crippen LogP contribution in [-0.4, -0.2) is 96.7 Å². The zero-order valence-corrected chi connectivity index (χ0v) is 22.4. The van der Waals surface area contributed by atoms with Crippen molar-refractivity contribution in [2.75, 3.05) is 53.1 Å². The summed E-state index contributed by atoms with van der Waals surface area (Å²) in [5.41, 5.74) is 6.51. The van der Waals surface area contributed by atoms with Crippen LogP contribution < -0.4 is 15.2 Å². The normalized spacial score (nSPS) is 20.7. The third-order valence-electron chi connectivity index (χ3n) is 7.51. The van der Waals surface area contributed by atoms with Gasteiger partial charge in [-0.2, -0.15) is 0 Å². The lowest BCUT2D eigenvalue weighted by Crippen LogP contribution is -2.45. The zero-order valence-electron chi connectivity index (χ0n) is 22.4. The number of carboxylic acid groups (broad SMARTS) is 1. The molecule has 2 aliphatic heterocycles. The Morgan fingerprint density at radius 2 is 1.84 bits per heavy atom. The largest absolute Gasteiger partial charge is 0.481 e. The molecule has 3 N–H and O–H groups in total. The smallest absolute Gasteiger partial charge is 0.308 e. The summed E-state index contributed by atoms with van der Waals surface area (Å²) in [6.45, 7) is 6.64. The Kier molecular flexibility index (Phi) is 10.6. The molecule has 10 nitrogen and oxygen atoms in total. The third kappa shape index (κ3) is 7.35. The second kappa shape index (κ2) is 13.6. The van der Waals surface area contributed by atoms with Crippen molar-refractivity contribution in [3.8, 4) is 11.5 Å². The van der Waals surface area contributed by atoms with Crippen molar-refractivity contribution in [1.82, 2.24) is 14.7 Å². The number of nitrogens with zero attached hydrogens (tertiary/aromatic N) is 3. The van der Waals surface area contributed by atoms with Crippen LogP contribution in [-0.2, 0) is 14.4 Å². The van der Waals surface area contributed by atoms with Crippen LogP contribution in [0.4, 0.5) is 0 Å². The van der Waals surface area contributed by atoms with E-state index in [1.807, 2.05) is 28.0 Å². The number of nitrogens with two attached hydrogens (primary N) is 1. The molecule has 1 aromatic carbocycles. The van der Waals surface area contributed by atoms with E-state index in [1.165, 1.54) is 6.92 Å². The summed E-state index contributed by atoms with van der Waals surface area (Å²) in [5.74, 6) is -0.780. The average molecular weight is 519 g/mol. The average Bonchev–Trinajstić information content (AvgIpc) is 3.48. The molecule has 0 saturated carbocycles. The SMILES string of the molecule is CCCCN(CCCCN)C(=O)CN1C[C@H](c2ccc3c(c2)OCO3)C(C(=O)O)[C@@H]1CCN(C)C(C)=O. The number of carboxylic acids is 1. The van der Waals surface area contributed by atoms with Crippen LogP contribution in [0, 0.1) is 5.92 Å². The number of carbonyl (C=O) groups is 3. The van der Waals surface area contributed by atoms with E-state index in [0.717, 1.165) is 31.2 Å². The van der Waals surface area contributed by atoms with E-state index < -0.39 is 17.9 Å². The molecule has 3 atom stereocenters.